The Labute approximate surface area is 166 Å². The Hall–Kier alpha value is -2.87. The van der Waals surface area contributed by atoms with Crippen molar-refractivity contribution in [2.45, 2.75) is 53.4 Å². The van der Waals surface area contributed by atoms with E-state index in [-0.39, 0.29) is 17.8 Å². The van der Waals surface area contributed by atoms with E-state index in [1.165, 1.54) is 0 Å². The van der Waals surface area contributed by atoms with Crippen molar-refractivity contribution >= 4 is 17.5 Å². The van der Waals surface area contributed by atoms with Gasteiger partial charge >= 0.3 is 5.97 Å². The molecule has 1 aliphatic carbocycles. The highest BCUT2D eigenvalue weighted by molar-refractivity contribution is 6.23. The topological polar surface area (TPSA) is 65.0 Å². The van der Waals surface area contributed by atoms with Gasteiger partial charge in [-0.3, -0.25) is 4.79 Å². The molecule has 0 saturated carbocycles. The van der Waals surface area contributed by atoms with Gasteiger partial charge in [-0.15, -0.1) is 6.42 Å². The molecule has 1 aromatic rings. The molecule has 0 N–H and O–H groups in total. The fourth-order valence-corrected chi connectivity index (χ4v) is 3.13. The third kappa shape index (κ3) is 5.56. The molecule has 5 heteroatoms. The normalized spacial score (nSPS) is 16.5. The molecule has 0 radical (unpaired) electrons. The Morgan fingerprint density at radius 2 is 1.93 bits per heavy atom. The van der Waals surface area contributed by atoms with Crippen LogP contribution in [0.1, 0.15) is 62.4 Å². The first kappa shape index (κ1) is 21.4. The summed E-state index contributed by atoms with van der Waals surface area (Å²) < 4.78 is 5.71. The smallest absolute Gasteiger partial charge is 0.343 e. The molecule has 0 bridgehead atoms. The highest BCUT2D eigenvalue weighted by atomic mass is 16.6. The van der Waals surface area contributed by atoms with Crippen LogP contribution in [0.15, 0.2) is 40.8 Å². The molecule has 0 aliphatic heterocycles. The molecule has 0 unspecified atom stereocenters. The first-order chi connectivity index (χ1) is 13.3. The van der Waals surface area contributed by atoms with Crippen LogP contribution in [0.3, 0.4) is 0 Å². The van der Waals surface area contributed by atoms with Crippen molar-refractivity contribution in [2.75, 3.05) is 6.61 Å². The number of terminal acetylenes is 1. The van der Waals surface area contributed by atoms with E-state index in [4.69, 9.17) is 16.0 Å². The summed E-state index contributed by atoms with van der Waals surface area (Å²) in [4.78, 5) is 30.7. The second-order valence-corrected chi connectivity index (χ2v) is 7.76. The number of rotatable bonds is 7. The number of aryl methyl sites for hydroxylation is 1. The number of hydrogen-bond donors (Lipinski definition) is 0. The van der Waals surface area contributed by atoms with Gasteiger partial charge in [-0.05, 0) is 30.9 Å². The molecule has 0 atom stereocenters. The molecule has 2 rings (SSSR count). The first-order valence-electron chi connectivity index (χ1n) is 9.45. The quantitative estimate of drug-likeness (QED) is 0.228. The van der Waals surface area contributed by atoms with Gasteiger partial charge < -0.3 is 9.57 Å². The maximum atomic E-state index is 12.9. The molecule has 0 fully saturated rings. The zero-order chi connectivity index (χ0) is 20.7. The van der Waals surface area contributed by atoms with Crippen LogP contribution in [0.5, 0.6) is 0 Å². The molecule has 0 saturated heterocycles. The minimum Gasteiger partial charge on any atom is -0.427 e. The van der Waals surface area contributed by atoms with Crippen molar-refractivity contribution in [1.82, 2.24) is 0 Å². The van der Waals surface area contributed by atoms with Crippen molar-refractivity contribution in [1.29, 1.82) is 0 Å². The van der Waals surface area contributed by atoms with E-state index < -0.39 is 5.97 Å². The largest absolute Gasteiger partial charge is 0.427 e. The van der Waals surface area contributed by atoms with Gasteiger partial charge in [-0.25, -0.2) is 4.79 Å². The maximum absolute atomic E-state index is 12.9. The Morgan fingerprint density at radius 1 is 1.25 bits per heavy atom. The van der Waals surface area contributed by atoms with Crippen LogP contribution >= 0.6 is 0 Å². The SMILES string of the molecule is C#CCO/N=C(/CCC)C1=C(OC(=O)c2ccc(C)cc2)CC(C)(C)CC1=O. The minimum atomic E-state index is -0.488. The number of oxime groups is 1. The lowest BCUT2D eigenvalue weighted by Crippen LogP contribution is -2.31. The van der Waals surface area contributed by atoms with Crippen LogP contribution in [-0.4, -0.2) is 24.1 Å². The van der Waals surface area contributed by atoms with Gasteiger partial charge in [0.2, 0.25) is 0 Å². The number of ether oxygens (including phenoxy) is 1. The predicted molar refractivity (Wildman–Crippen MR) is 109 cm³/mol. The van der Waals surface area contributed by atoms with Gasteiger partial charge in [-0.1, -0.05) is 56.0 Å². The third-order valence-electron chi connectivity index (χ3n) is 4.44. The number of nitrogens with zero attached hydrogens (tertiary/aromatic N) is 1. The van der Waals surface area contributed by atoms with Gasteiger partial charge in [0.25, 0.3) is 0 Å². The number of Topliss-reactive ketones (excluding diaryl/α,β-unsaturated/α-hetero) is 1. The number of carbonyl (C=O) groups is 2. The Kier molecular flexibility index (Phi) is 7.17. The molecule has 0 aromatic heterocycles. The summed E-state index contributed by atoms with van der Waals surface area (Å²) in [7, 11) is 0. The van der Waals surface area contributed by atoms with E-state index in [2.05, 4.69) is 11.1 Å². The zero-order valence-electron chi connectivity index (χ0n) is 17.0. The summed E-state index contributed by atoms with van der Waals surface area (Å²) in [5.74, 6) is 2.11. The number of allylic oxidation sites excluding steroid dienone is 2. The molecule has 1 aliphatic rings. The summed E-state index contributed by atoms with van der Waals surface area (Å²) in [6.07, 6.45) is 7.31. The monoisotopic (exact) mass is 381 g/mol. The molecule has 1 aromatic carbocycles. The van der Waals surface area contributed by atoms with E-state index >= 15 is 0 Å². The number of hydrogen-bond acceptors (Lipinski definition) is 5. The van der Waals surface area contributed by atoms with Crippen molar-refractivity contribution in [2.24, 2.45) is 10.6 Å². The Morgan fingerprint density at radius 3 is 2.54 bits per heavy atom. The van der Waals surface area contributed by atoms with Gasteiger partial charge in [0.1, 0.15) is 5.76 Å². The summed E-state index contributed by atoms with van der Waals surface area (Å²) in [6, 6.07) is 7.12. The van der Waals surface area contributed by atoms with Crippen LogP contribution < -0.4 is 0 Å². The Balaban J connectivity index is 2.43. The fourth-order valence-electron chi connectivity index (χ4n) is 3.13. The van der Waals surface area contributed by atoms with E-state index in [1.54, 1.807) is 12.1 Å². The van der Waals surface area contributed by atoms with Crippen LogP contribution in [0.25, 0.3) is 0 Å². The van der Waals surface area contributed by atoms with Crippen molar-refractivity contribution in [3.8, 4) is 12.3 Å². The fraction of sp³-hybridized carbons (Fsp3) is 0.435. The Bertz CT molecular complexity index is 838. The van der Waals surface area contributed by atoms with Crippen LogP contribution in [-0.2, 0) is 14.4 Å². The summed E-state index contributed by atoms with van der Waals surface area (Å²) in [5.41, 5.74) is 2.00. The zero-order valence-corrected chi connectivity index (χ0v) is 17.0. The molecule has 0 spiro atoms. The first-order valence-corrected chi connectivity index (χ1v) is 9.45. The molecule has 5 nitrogen and oxygen atoms in total. The second-order valence-electron chi connectivity index (χ2n) is 7.76. The lowest BCUT2D eigenvalue weighted by Gasteiger charge is -2.31. The average molecular weight is 381 g/mol. The standard InChI is InChI=1S/C23H27NO4/c1-6-8-18(24-27-13-7-2)21-19(25)14-23(4,5)15-20(21)28-22(26)17-11-9-16(3)10-12-17/h2,9-12H,6,8,13-15H2,1,3-5H3/b24-18-. The van der Waals surface area contributed by atoms with Gasteiger partial charge in [0.05, 0.1) is 16.8 Å². The van der Waals surface area contributed by atoms with Crippen LogP contribution in [0.2, 0.25) is 0 Å². The minimum absolute atomic E-state index is 0.0126. The number of esters is 1. The van der Waals surface area contributed by atoms with Crippen LogP contribution in [0.4, 0.5) is 0 Å². The van der Waals surface area contributed by atoms with Gasteiger partial charge in [0.15, 0.2) is 12.4 Å². The average Bonchev–Trinajstić information content (AvgIpc) is 2.61. The highest BCUT2D eigenvalue weighted by Crippen LogP contribution is 2.38. The van der Waals surface area contributed by atoms with Gasteiger partial charge in [0, 0.05) is 12.8 Å². The van der Waals surface area contributed by atoms with Crippen molar-refractivity contribution < 1.29 is 19.2 Å². The summed E-state index contributed by atoms with van der Waals surface area (Å²) >= 11 is 0. The lowest BCUT2D eigenvalue weighted by molar-refractivity contribution is -0.118. The molecule has 28 heavy (non-hydrogen) atoms. The van der Waals surface area contributed by atoms with Crippen LogP contribution in [0, 0.1) is 24.7 Å². The van der Waals surface area contributed by atoms with Crippen molar-refractivity contribution in [3.05, 3.63) is 46.7 Å². The number of ketones is 1. The highest BCUT2D eigenvalue weighted by Gasteiger charge is 2.37. The summed E-state index contributed by atoms with van der Waals surface area (Å²) in [6.45, 7) is 7.90. The molecular weight excluding hydrogens is 354 g/mol. The lowest BCUT2D eigenvalue weighted by atomic mass is 9.75. The molecule has 0 amide bonds. The number of benzene rings is 1. The van der Waals surface area contributed by atoms with E-state index in [9.17, 15) is 9.59 Å². The molecule has 148 valence electrons. The summed E-state index contributed by atoms with van der Waals surface area (Å²) in [5, 5.41) is 4.07. The van der Waals surface area contributed by atoms with E-state index in [0.717, 1.165) is 12.0 Å². The van der Waals surface area contributed by atoms with Crippen molar-refractivity contribution in [3.63, 3.8) is 0 Å². The van der Waals surface area contributed by atoms with Gasteiger partial charge in [-0.2, -0.15) is 0 Å². The molecule has 0 heterocycles. The number of carbonyl (C=O) groups excluding carboxylic acids is 2. The van der Waals surface area contributed by atoms with E-state index in [1.807, 2.05) is 39.8 Å². The van der Waals surface area contributed by atoms with E-state index in [0.29, 0.717) is 41.9 Å². The predicted octanol–water partition coefficient (Wildman–Crippen LogP) is 4.60. The second kappa shape index (κ2) is 9.36. The maximum Gasteiger partial charge on any atom is 0.343 e. The third-order valence-corrected chi connectivity index (χ3v) is 4.44. The molecular formula is C23H27NO4.